The van der Waals surface area contributed by atoms with Crippen molar-refractivity contribution in [2.45, 2.75) is 103 Å². The molecule has 1 N–H and O–H groups in total. The maximum absolute atomic E-state index is 11.7. The summed E-state index contributed by atoms with van der Waals surface area (Å²) in [5.41, 5.74) is 1.50. The highest BCUT2D eigenvalue weighted by Gasteiger charge is 2.16. The van der Waals surface area contributed by atoms with E-state index in [1.165, 1.54) is 69.8 Å². The lowest BCUT2D eigenvalue weighted by Crippen LogP contribution is -2.47. The molecule has 8 heteroatoms. The van der Waals surface area contributed by atoms with E-state index in [1.54, 1.807) is 0 Å². The lowest BCUT2D eigenvalue weighted by Gasteiger charge is -2.34. The highest BCUT2D eigenvalue weighted by Crippen LogP contribution is 2.28. The molecule has 1 saturated heterocycles. The third kappa shape index (κ3) is 18.9. The number of rotatable bonds is 19. The monoisotopic (exact) mass is 586 g/mol. The summed E-state index contributed by atoms with van der Waals surface area (Å²) in [6, 6.07) is 10.9. The van der Waals surface area contributed by atoms with Gasteiger partial charge in [0.15, 0.2) is 0 Å². The zero-order valence-corrected chi connectivity index (χ0v) is 26.4. The number of nitrogens with one attached hydrogen (secondary N) is 1. The van der Waals surface area contributed by atoms with Gasteiger partial charge in [0.1, 0.15) is 0 Å². The van der Waals surface area contributed by atoms with E-state index in [-0.39, 0.29) is 12.5 Å². The molecule has 2 fully saturated rings. The number of amides is 1. The van der Waals surface area contributed by atoms with Crippen LogP contribution in [0.15, 0.2) is 42.5 Å². The highest BCUT2D eigenvalue weighted by atomic mass is 16.9. The lowest BCUT2D eigenvalue weighted by atomic mass is 9.85. The van der Waals surface area contributed by atoms with Gasteiger partial charge in [-0.3, -0.25) is 4.79 Å². The molecule has 0 aromatic heterocycles. The minimum absolute atomic E-state index is 0.145. The van der Waals surface area contributed by atoms with Gasteiger partial charge in [0.25, 0.3) is 5.09 Å². The topological polar surface area (TPSA) is 88.0 Å². The molecule has 1 aromatic carbocycles. The molecule has 0 bridgehead atoms. The van der Waals surface area contributed by atoms with Crippen LogP contribution in [0.25, 0.3) is 0 Å². The first kappa shape index (κ1) is 35.7. The van der Waals surface area contributed by atoms with Crippen LogP contribution in [0.2, 0.25) is 0 Å². The van der Waals surface area contributed by atoms with E-state index in [4.69, 9.17) is 0 Å². The Morgan fingerprint density at radius 3 is 2.31 bits per heavy atom. The summed E-state index contributed by atoms with van der Waals surface area (Å²) < 4.78 is 0. The molecular weight excluding hydrogens is 528 g/mol. The number of benzene rings is 1. The molecule has 8 nitrogen and oxygen atoms in total. The Morgan fingerprint density at radius 2 is 1.64 bits per heavy atom. The molecule has 238 valence electrons. The van der Waals surface area contributed by atoms with E-state index in [0.29, 0.717) is 12.8 Å². The first-order chi connectivity index (χ1) is 20.6. The van der Waals surface area contributed by atoms with Crippen LogP contribution in [0.1, 0.15) is 102 Å². The molecule has 1 amide bonds. The Hall–Kier alpha value is -2.45. The summed E-state index contributed by atoms with van der Waals surface area (Å²) in [4.78, 5) is 30.8. The average molecular weight is 587 g/mol. The summed E-state index contributed by atoms with van der Waals surface area (Å²) >= 11 is 0. The van der Waals surface area contributed by atoms with Crippen molar-refractivity contribution in [1.82, 2.24) is 15.1 Å². The number of hydrogen-bond acceptors (Lipinski definition) is 6. The normalized spacial score (nSPS) is 16.6. The summed E-state index contributed by atoms with van der Waals surface area (Å²) in [6.45, 7) is 8.71. The van der Waals surface area contributed by atoms with Crippen LogP contribution in [-0.4, -0.2) is 73.2 Å². The second-order valence-electron chi connectivity index (χ2n) is 11.8. The van der Waals surface area contributed by atoms with Crippen LogP contribution in [0.3, 0.4) is 0 Å². The highest BCUT2D eigenvalue weighted by molar-refractivity contribution is 5.75. The molecule has 1 aromatic rings. The number of carbonyl (C=O) groups is 1. The number of allylic oxidation sites excluding steroid dienone is 2. The van der Waals surface area contributed by atoms with Gasteiger partial charge in [-0.15, -0.1) is 10.1 Å². The predicted molar refractivity (Wildman–Crippen MR) is 172 cm³/mol. The Kier molecular flexibility index (Phi) is 20.5. The van der Waals surface area contributed by atoms with Crippen molar-refractivity contribution in [3.63, 3.8) is 0 Å². The summed E-state index contributed by atoms with van der Waals surface area (Å²) in [5, 5.41) is 12.3. The standard InChI is InChI=1S/C17H32N4O4.C17H26/c1-2-3-4-5-8-17(22)18-9-6-10-19-12-14-20(15-13-19)11-7-16-25-21(23)24;1-4-10-16(11-5-1)14-8-3-9-15-17-12-6-2-7-13-17/h2-3H,4-16H2,1H3,(H,18,22);1,4-5,10-11,17H,2-3,6-9,12-15H2/b3-2-;. The lowest BCUT2D eigenvalue weighted by molar-refractivity contribution is -0.757. The van der Waals surface area contributed by atoms with Gasteiger partial charge in [0.2, 0.25) is 5.91 Å². The molecule has 42 heavy (non-hydrogen) atoms. The Morgan fingerprint density at radius 1 is 0.952 bits per heavy atom. The van der Waals surface area contributed by atoms with E-state index in [1.807, 2.05) is 13.0 Å². The number of carbonyl (C=O) groups excluding carboxylic acids is 1. The minimum atomic E-state index is -0.737. The Labute approximate surface area is 255 Å². The first-order valence-corrected chi connectivity index (χ1v) is 16.7. The fourth-order valence-corrected chi connectivity index (χ4v) is 5.89. The molecule has 1 aliphatic heterocycles. The van der Waals surface area contributed by atoms with Gasteiger partial charge in [-0.25, -0.2) is 0 Å². The largest absolute Gasteiger partial charge is 0.356 e. The molecule has 2 aliphatic rings. The van der Waals surface area contributed by atoms with Gasteiger partial charge in [0.05, 0.1) is 6.61 Å². The van der Waals surface area contributed by atoms with E-state index in [0.717, 1.165) is 71.0 Å². The zero-order valence-electron chi connectivity index (χ0n) is 26.4. The van der Waals surface area contributed by atoms with Crippen LogP contribution in [0.4, 0.5) is 0 Å². The quantitative estimate of drug-likeness (QED) is 0.0828. The molecule has 0 radical (unpaired) electrons. The van der Waals surface area contributed by atoms with Gasteiger partial charge >= 0.3 is 0 Å². The smallest absolute Gasteiger partial charge is 0.294 e. The Bertz CT molecular complexity index is 837. The van der Waals surface area contributed by atoms with Gasteiger partial charge in [0, 0.05) is 45.7 Å². The number of piperazine rings is 1. The predicted octanol–water partition coefficient (Wildman–Crippen LogP) is 6.82. The summed E-state index contributed by atoms with van der Waals surface area (Å²) in [7, 11) is 0. The van der Waals surface area contributed by atoms with Crippen molar-refractivity contribution in [2.24, 2.45) is 5.92 Å². The molecule has 0 unspecified atom stereocenters. The van der Waals surface area contributed by atoms with Crippen LogP contribution in [0.5, 0.6) is 0 Å². The van der Waals surface area contributed by atoms with Gasteiger partial charge in [-0.1, -0.05) is 93.9 Å². The fourth-order valence-electron chi connectivity index (χ4n) is 5.89. The fraction of sp³-hybridized carbons (Fsp3) is 0.735. The number of unbranched alkanes of at least 4 members (excludes halogenated alkanes) is 3. The van der Waals surface area contributed by atoms with Crippen LogP contribution in [0, 0.1) is 16.0 Å². The molecule has 1 saturated carbocycles. The maximum Gasteiger partial charge on any atom is 0.294 e. The molecule has 1 aliphatic carbocycles. The second-order valence-corrected chi connectivity index (χ2v) is 11.8. The van der Waals surface area contributed by atoms with Crippen molar-refractivity contribution in [1.29, 1.82) is 0 Å². The first-order valence-electron chi connectivity index (χ1n) is 16.7. The number of aryl methyl sites for hydroxylation is 1. The van der Waals surface area contributed by atoms with Crippen molar-refractivity contribution in [2.75, 3.05) is 52.4 Å². The third-order valence-electron chi connectivity index (χ3n) is 8.41. The molecule has 0 atom stereocenters. The van der Waals surface area contributed by atoms with Crippen molar-refractivity contribution >= 4 is 5.91 Å². The van der Waals surface area contributed by atoms with E-state index >= 15 is 0 Å². The summed E-state index contributed by atoms with van der Waals surface area (Å²) in [6.07, 6.45) is 22.7. The van der Waals surface area contributed by atoms with Crippen LogP contribution >= 0.6 is 0 Å². The molecular formula is C34H58N4O4. The average Bonchev–Trinajstić information content (AvgIpc) is 3.01. The van der Waals surface area contributed by atoms with E-state index < -0.39 is 5.09 Å². The molecule has 3 rings (SSSR count). The van der Waals surface area contributed by atoms with Gasteiger partial charge in [-0.05, 0) is 63.5 Å². The number of hydrogen-bond donors (Lipinski definition) is 1. The summed E-state index contributed by atoms with van der Waals surface area (Å²) in [5.74, 6) is 1.21. The second kappa shape index (κ2) is 24.0. The number of nitrogens with zero attached hydrogens (tertiary/aromatic N) is 3. The minimum Gasteiger partial charge on any atom is -0.356 e. The molecule has 0 spiro atoms. The van der Waals surface area contributed by atoms with E-state index in [9.17, 15) is 14.9 Å². The Balaban J connectivity index is 0.000000314. The van der Waals surface area contributed by atoms with E-state index in [2.05, 4.69) is 56.4 Å². The zero-order chi connectivity index (χ0) is 30.1. The van der Waals surface area contributed by atoms with Crippen LogP contribution < -0.4 is 5.32 Å². The third-order valence-corrected chi connectivity index (χ3v) is 8.41. The van der Waals surface area contributed by atoms with Gasteiger partial charge in [-0.2, -0.15) is 0 Å². The van der Waals surface area contributed by atoms with Crippen LogP contribution in [-0.2, 0) is 16.1 Å². The molecule has 1 heterocycles. The maximum atomic E-state index is 11.7. The van der Waals surface area contributed by atoms with Crippen molar-refractivity contribution < 1.29 is 14.7 Å². The van der Waals surface area contributed by atoms with Gasteiger partial charge < -0.3 is 20.0 Å². The van der Waals surface area contributed by atoms with Crippen molar-refractivity contribution in [3.8, 4) is 0 Å². The SMILES string of the molecule is C/C=C\CCCC(=O)NCCCN1CCN(CCCO[N+](=O)[O-])CC1.c1ccc(CCCCCC2CCCCC2)cc1. The van der Waals surface area contributed by atoms with Crippen molar-refractivity contribution in [3.05, 3.63) is 58.2 Å².